The maximum absolute atomic E-state index is 12.1. The standard InChI is InChI=1S/C9H18N4O3S2/c1-7(4-5-17(3)14)12-18(15,16)9-8(10)11-6-13(9)2/h6-7,12H,4-5,10H2,1-3H3. The third kappa shape index (κ3) is 3.79. The van der Waals surface area contributed by atoms with Crippen molar-refractivity contribution in [2.75, 3.05) is 17.7 Å². The summed E-state index contributed by atoms with van der Waals surface area (Å²) in [5.74, 6) is 0.418. The average molecular weight is 294 g/mol. The zero-order chi connectivity index (χ0) is 13.9. The van der Waals surface area contributed by atoms with Crippen molar-refractivity contribution in [2.24, 2.45) is 7.05 Å². The lowest BCUT2D eigenvalue weighted by atomic mass is 10.3. The van der Waals surface area contributed by atoms with E-state index in [9.17, 15) is 12.6 Å². The van der Waals surface area contributed by atoms with Crippen molar-refractivity contribution >= 4 is 26.6 Å². The summed E-state index contributed by atoms with van der Waals surface area (Å²) in [4.78, 5) is 3.74. The molecule has 0 bridgehead atoms. The Balaban J connectivity index is 2.80. The molecule has 0 radical (unpaired) electrons. The molecule has 1 heterocycles. The number of aromatic nitrogens is 2. The number of nitrogens with one attached hydrogen (secondary N) is 1. The monoisotopic (exact) mass is 294 g/mol. The van der Waals surface area contributed by atoms with Crippen molar-refractivity contribution in [3.63, 3.8) is 0 Å². The minimum absolute atomic E-state index is 0.0312. The second-order valence-corrected chi connectivity index (χ2v) is 7.32. The molecule has 0 saturated carbocycles. The fourth-order valence-corrected chi connectivity index (χ4v) is 3.69. The van der Waals surface area contributed by atoms with Crippen LogP contribution in [-0.4, -0.2) is 40.2 Å². The summed E-state index contributed by atoms with van der Waals surface area (Å²) >= 11 is 0. The number of nitrogens with two attached hydrogens (primary N) is 1. The van der Waals surface area contributed by atoms with Crippen LogP contribution in [0.4, 0.5) is 5.82 Å². The van der Waals surface area contributed by atoms with Gasteiger partial charge in [-0.15, -0.1) is 0 Å². The van der Waals surface area contributed by atoms with Gasteiger partial charge in [0.25, 0.3) is 10.0 Å². The number of anilines is 1. The smallest absolute Gasteiger partial charge is 0.260 e. The molecule has 0 fully saturated rings. The average Bonchev–Trinajstić information content (AvgIpc) is 2.55. The molecule has 104 valence electrons. The molecule has 0 aliphatic carbocycles. The summed E-state index contributed by atoms with van der Waals surface area (Å²) in [6.45, 7) is 1.72. The molecule has 0 saturated heterocycles. The van der Waals surface area contributed by atoms with E-state index >= 15 is 0 Å². The van der Waals surface area contributed by atoms with Gasteiger partial charge in [0.1, 0.15) is 0 Å². The fraction of sp³-hybridized carbons (Fsp3) is 0.667. The van der Waals surface area contributed by atoms with Crippen LogP contribution in [0, 0.1) is 0 Å². The predicted molar refractivity (Wildman–Crippen MR) is 71.0 cm³/mol. The molecule has 0 aliphatic heterocycles. The quantitative estimate of drug-likeness (QED) is 0.731. The Hall–Kier alpha value is -0.930. The second kappa shape index (κ2) is 5.81. The molecule has 1 rings (SSSR count). The molecule has 0 spiro atoms. The molecule has 3 N–H and O–H groups in total. The van der Waals surface area contributed by atoms with Crippen molar-refractivity contribution in [1.82, 2.24) is 14.3 Å². The van der Waals surface area contributed by atoms with Gasteiger partial charge in [-0.05, 0) is 13.3 Å². The SMILES string of the molecule is CC(CCS(C)=O)NS(=O)(=O)c1c(N)ncn1C. The highest BCUT2D eigenvalue weighted by molar-refractivity contribution is 7.89. The molecular weight excluding hydrogens is 276 g/mol. The van der Waals surface area contributed by atoms with Gasteiger partial charge < -0.3 is 10.3 Å². The Kier molecular flexibility index (Phi) is 4.88. The van der Waals surface area contributed by atoms with E-state index in [2.05, 4.69) is 9.71 Å². The van der Waals surface area contributed by atoms with E-state index in [1.54, 1.807) is 20.2 Å². The maximum Gasteiger partial charge on any atom is 0.260 e. The second-order valence-electron chi connectivity index (χ2n) is 4.13. The van der Waals surface area contributed by atoms with E-state index in [1.165, 1.54) is 10.9 Å². The van der Waals surface area contributed by atoms with Crippen LogP contribution in [0.25, 0.3) is 0 Å². The number of nitrogens with zero attached hydrogens (tertiary/aromatic N) is 2. The number of hydrogen-bond acceptors (Lipinski definition) is 5. The lowest BCUT2D eigenvalue weighted by molar-refractivity contribution is 0.547. The summed E-state index contributed by atoms with van der Waals surface area (Å²) in [5.41, 5.74) is 5.53. The Morgan fingerprint density at radius 2 is 2.22 bits per heavy atom. The summed E-state index contributed by atoms with van der Waals surface area (Å²) in [7, 11) is -3.08. The first-order valence-corrected chi connectivity index (χ1v) is 8.54. The molecule has 2 unspecified atom stereocenters. The van der Waals surface area contributed by atoms with E-state index in [4.69, 9.17) is 5.73 Å². The van der Waals surface area contributed by atoms with E-state index in [0.29, 0.717) is 12.2 Å². The third-order valence-electron chi connectivity index (χ3n) is 2.36. The summed E-state index contributed by atoms with van der Waals surface area (Å²) in [6, 6.07) is -0.312. The van der Waals surface area contributed by atoms with Gasteiger partial charge in [0.2, 0.25) is 0 Å². The maximum atomic E-state index is 12.1. The highest BCUT2D eigenvalue weighted by Crippen LogP contribution is 2.15. The largest absolute Gasteiger partial charge is 0.381 e. The highest BCUT2D eigenvalue weighted by Gasteiger charge is 2.24. The first-order chi connectivity index (χ1) is 8.24. The fourth-order valence-electron chi connectivity index (χ4n) is 1.49. The molecule has 1 aromatic rings. The van der Waals surface area contributed by atoms with E-state index in [-0.39, 0.29) is 16.9 Å². The molecular formula is C9H18N4O3S2. The van der Waals surface area contributed by atoms with Gasteiger partial charge in [-0.1, -0.05) is 0 Å². The van der Waals surface area contributed by atoms with Crippen molar-refractivity contribution in [3.8, 4) is 0 Å². The third-order valence-corrected chi connectivity index (χ3v) is 4.89. The molecule has 0 aromatic carbocycles. The van der Waals surface area contributed by atoms with Crippen LogP contribution in [-0.2, 0) is 27.9 Å². The number of imidazole rings is 1. The zero-order valence-corrected chi connectivity index (χ0v) is 12.2. The number of sulfonamides is 1. The Labute approximate surface area is 109 Å². The van der Waals surface area contributed by atoms with E-state index in [1.807, 2.05) is 0 Å². The minimum Gasteiger partial charge on any atom is -0.381 e. The summed E-state index contributed by atoms with van der Waals surface area (Å²) in [6.07, 6.45) is 3.43. The van der Waals surface area contributed by atoms with Gasteiger partial charge in [-0.25, -0.2) is 18.1 Å². The van der Waals surface area contributed by atoms with Gasteiger partial charge in [0.05, 0.1) is 6.33 Å². The normalized spacial score (nSPS) is 15.5. The Morgan fingerprint density at radius 3 is 2.67 bits per heavy atom. The van der Waals surface area contributed by atoms with Gasteiger partial charge in [0, 0.05) is 35.9 Å². The molecule has 0 amide bonds. The Morgan fingerprint density at radius 1 is 1.61 bits per heavy atom. The first kappa shape index (κ1) is 15.1. The molecule has 0 aliphatic rings. The molecule has 9 heteroatoms. The number of hydrogen-bond donors (Lipinski definition) is 2. The lowest BCUT2D eigenvalue weighted by Crippen LogP contribution is -2.34. The zero-order valence-electron chi connectivity index (χ0n) is 10.6. The minimum atomic E-state index is -3.70. The van der Waals surface area contributed by atoms with Crippen molar-refractivity contribution in [1.29, 1.82) is 0 Å². The molecule has 1 aromatic heterocycles. The van der Waals surface area contributed by atoms with Crippen LogP contribution >= 0.6 is 0 Å². The van der Waals surface area contributed by atoms with Crippen LogP contribution in [0.3, 0.4) is 0 Å². The molecule has 2 atom stereocenters. The Bertz CT molecular complexity index is 519. The topological polar surface area (TPSA) is 107 Å². The highest BCUT2D eigenvalue weighted by atomic mass is 32.2. The van der Waals surface area contributed by atoms with E-state index in [0.717, 1.165) is 0 Å². The van der Waals surface area contributed by atoms with E-state index < -0.39 is 20.8 Å². The lowest BCUT2D eigenvalue weighted by Gasteiger charge is -2.14. The predicted octanol–water partition coefficient (Wildman–Crippen LogP) is -0.562. The van der Waals surface area contributed by atoms with Gasteiger partial charge in [-0.2, -0.15) is 0 Å². The van der Waals surface area contributed by atoms with Crippen LogP contribution in [0.5, 0.6) is 0 Å². The van der Waals surface area contributed by atoms with Crippen LogP contribution in [0.2, 0.25) is 0 Å². The van der Waals surface area contributed by atoms with Crippen molar-refractivity contribution in [3.05, 3.63) is 6.33 Å². The number of nitrogen functional groups attached to an aromatic ring is 1. The molecule has 7 nitrogen and oxygen atoms in total. The van der Waals surface area contributed by atoms with Crippen molar-refractivity contribution < 1.29 is 12.6 Å². The van der Waals surface area contributed by atoms with Crippen LogP contribution in [0.1, 0.15) is 13.3 Å². The first-order valence-electron chi connectivity index (χ1n) is 5.33. The van der Waals surface area contributed by atoms with Crippen LogP contribution < -0.4 is 10.5 Å². The number of aryl methyl sites for hydroxylation is 1. The number of rotatable bonds is 6. The molecule has 18 heavy (non-hydrogen) atoms. The summed E-state index contributed by atoms with van der Waals surface area (Å²) < 4.78 is 38.9. The van der Waals surface area contributed by atoms with Crippen molar-refractivity contribution in [2.45, 2.75) is 24.4 Å². The van der Waals surface area contributed by atoms with Gasteiger partial charge in [-0.3, -0.25) is 4.21 Å². The van der Waals surface area contributed by atoms with Crippen LogP contribution in [0.15, 0.2) is 11.4 Å². The van der Waals surface area contributed by atoms with Gasteiger partial charge >= 0.3 is 0 Å². The summed E-state index contributed by atoms with van der Waals surface area (Å²) in [5, 5.41) is -0.0491. The van der Waals surface area contributed by atoms with Gasteiger partial charge in [0.15, 0.2) is 10.8 Å².